The van der Waals surface area contributed by atoms with Gasteiger partial charge in [-0.3, -0.25) is 4.79 Å². The molecule has 0 bridgehead atoms. The van der Waals surface area contributed by atoms with E-state index in [1.54, 1.807) is 6.07 Å². The molecule has 6 heteroatoms. The Morgan fingerprint density at radius 3 is 2.41 bits per heavy atom. The number of hydrogen-bond donors (Lipinski definition) is 2. The Kier molecular flexibility index (Phi) is 4.72. The molecule has 112 valence electrons. The van der Waals surface area contributed by atoms with Crippen molar-refractivity contribution in [2.75, 3.05) is 0 Å². The van der Waals surface area contributed by atoms with Crippen molar-refractivity contribution in [3.8, 4) is 5.75 Å². The minimum absolute atomic E-state index is 0.181. The van der Waals surface area contributed by atoms with Gasteiger partial charge in [-0.15, -0.1) is 0 Å². The molecule has 0 saturated heterocycles. The number of benzene rings is 2. The molecule has 2 aromatic carbocycles. The number of carboxylic acid groups (broad SMARTS) is 1. The van der Waals surface area contributed by atoms with Crippen molar-refractivity contribution in [1.82, 2.24) is 0 Å². The van der Waals surface area contributed by atoms with Crippen molar-refractivity contribution in [1.29, 1.82) is 0 Å². The van der Waals surface area contributed by atoms with Crippen LogP contribution >= 0.6 is 15.9 Å². The number of allylic oxidation sites excluding steroid dienone is 1. The molecule has 22 heavy (non-hydrogen) atoms. The van der Waals surface area contributed by atoms with E-state index in [4.69, 9.17) is 5.11 Å². The van der Waals surface area contributed by atoms with Gasteiger partial charge in [-0.05, 0) is 30.4 Å². The molecule has 2 N–H and O–H groups in total. The number of carbonyl (C=O) groups is 2. The van der Waals surface area contributed by atoms with Crippen LogP contribution in [-0.4, -0.2) is 22.0 Å². The molecule has 0 amide bonds. The van der Waals surface area contributed by atoms with Crippen molar-refractivity contribution in [3.63, 3.8) is 0 Å². The van der Waals surface area contributed by atoms with Crippen molar-refractivity contribution in [2.24, 2.45) is 0 Å². The monoisotopic (exact) mass is 364 g/mol. The molecule has 0 aromatic heterocycles. The highest BCUT2D eigenvalue weighted by Gasteiger charge is 2.18. The molecule has 0 saturated carbocycles. The standard InChI is InChI=1S/C16H10BrFO4/c17-10-7-11(15(20)12(8-10)16(21)22)14(19)6-5-9-3-1-2-4-13(9)18/h1-8,20H,(H,21,22)/b6-5+. The van der Waals surface area contributed by atoms with Crippen molar-refractivity contribution in [3.05, 3.63) is 69.5 Å². The minimum Gasteiger partial charge on any atom is -0.506 e. The zero-order valence-corrected chi connectivity index (χ0v) is 12.7. The maximum Gasteiger partial charge on any atom is 0.339 e. The molecule has 0 radical (unpaired) electrons. The first-order chi connectivity index (χ1) is 10.4. The highest BCUT2D eigenvalue weighted by molar-refractivity contribution is 9.10. The summed E-state index contributed by atoms with van der Waals surface area (Å²) < 4.78 is 13.8. The van der Waals surface area contributed by atoms with Gasteiger partial charge in [-0.25, -0.2) is 9.18 Å². The van der Waals surface area contributed by atoms with Crippen molar-refractivity contribution in [2.45, 2.75) is 0 Å². The second-order valence-corrected chi connectivity index (χ2v) is 5.29. The van der Waals surface area contributed by atoms with Crippen LogP contribution in [0.15, 0.2) is 46.9 Å². The fourth-order valence-corrected chi connectivity index (χ4v) is 2.27. The highest BCUT2D eigenvalue weighted by atomic mass is 79.9. The van der Waals surface area contributed by atoms with E-state index in [2.05, 4.69) is 15.9 Å². The van der Waals surface area contributed by atoms with Crippen LogP contribution in [0.4, 0.5) is 4.39 Å². The van der Waals surface area contributed by atoms with Crippen molar-refractivity contribution < 1.29 is 24.2 Å². The van der Waals surface area contributed by atoms with Gasteiger partial charge < -0.3 is 10.2 Å². The van der Waals surface area contributed by atoms with Crippen molar-refractivity contribution >= 4 is 33.8 Å². The van der Waals surface area contributed by atoms with Gasteiger partial charge in [0.15, 0.2) is 5.78 Å². The summed E-state index contributed by atoms with van der Waals surface area (Å²) in [5.74, 6) is -3.11. The average Bonchev–Trinajstić information content (AvgIpc) is 2.47. The van der Waals surface area contributed by atoms with E-state index < -0.39 is 28.9 Å². The lowest BCUT2D eigenvalue weighted by atomic mass is 10.0. The molecule has 0 aliphatic heterocycles. The van der Waals surface area contributed by atoms with E-state index in [1.165, 1.54) is 36.4 Å². The van der Waals surface area contributed by atoms with Crippen LogP contribution in [0, 0.1) is 5.82 Å². The molecule has 0 heterocycles. The summed E-state index contributed by atoms with van der Waals surface area (Å²) in [5, 5.41) is 18.9. The smallest absolute Gasteiger partial charge is 0.339 e. The lowest BCUT2D eigenvalue weighted by Crippen LogP contribution is -2.03. The average molecular weight is 365 g/mol. The zero-order valence-electron chi connectivity index (χ0n) is 11.1. The number of carboxylic acids is 1. The number of hydrogen-bond acceptors (Lipinski definition) is 3. The quantitative estimate of drug-likeness (QED) is 0.637. The Hall–Kier alpha value is -2.47. The predicted octanol–water partition coefficient (Wildman–Crippen LogP) is 3.89. The summed E-state index contributed by atoms with van der Waals surface area (Å²) in [5.41, 5.74) is -0.361. The number of aromatic hydroxyl groups is 1. The number of carbonyl (C=O) groups excluding carboxylic acids is 1. The van der Waals surface area contributed by atoms with Crippen LogP contribution in [0.3, 0.4) is 0 Å². The molecule has 0 aliphatic carbocycles. The Morgan fingerprint density at radius 1 is 1.14 bits per heavy atom. The van der Waals surface area contributed by atoms with Crippen LogP contribution in [0.2, 0.25) is 0 Å². The Labute approximate surface area is 133 Å². The highest BCUT2D eigenvalue weighted by Crippen LogP contribution is 2.28. The zero-order chi connectivity index (χ0) is 16.3. The fourth-order valence-electron chi connectivity index (χ4n) is 1.82. The molecular weight excluding hydrogens is 355 g/mol. The predicted molar refractivity (Wildman–Crippen MR) is 82.5 cm³/mol. The molecule has 4 nitrogen and oxygen atoms in total. The maximum absolute atomic E-state index is 13.5. The topological polar surface area (TPSA) is 74.6 Å². The molecule has 2 aromatic rings. The third-order valence-electron chi connectivity index (χ3n) is 2.89. The van der Waals surface area contributed by atoms with Crippen LogP contribution < -0.4 is 0 Å². The Balaban J connectivity index is 2.38. The summed E-state index contributed by atoms with van der Waals surface area (Å²) in [4.78, 5) is 23.1. The first-order valence-corrected chi connectivity index (χ1v) is 6.92. The summed E-state index contributed by atoms with van der Waals surface area (Å²) in [6, 6.07) is 8.37. The van der Waals surface area contributed by atoms with Gasteiger partial charge in [-0.2, -0.15) is 0 Å². The first kappa shape index (κ1) is 15.9. The molecule has 0 fully saturated rings. The van der Waals surface area contributed by atoms with Crippen LogP contribution in [0.25, 0.3) is 6.08 Å². The minimum atomic E-state index is -1.36. The molecular formula is C16H10BrFO4. The van der Waals surface area contributed by atoms with Gasteiger partial charge in [0.2, 0.25) is 0 Å². The van der Waals surface area contributed by atoms with E-state index in [1.807, 2.05) is 0 Å². The Bertz CT molecular complexity index is 784. The van der Waals surface area contributed by atoms with Gasteiger partial charge in [0, 0.05) is 10.0 Å². The summed E-state index contributed by atoms with van der Waals surface area (Å²) in [7, 11) is 0. The van der Waals surface area contributed by atoms with E-state index in [9.17, 15) is 19.1 Å². The molecule has 0 unspecified atom stereocenters. The molecule has 2 rings (SSSR count). The van der Waals surface area contributed by atoms with E-state index in [-0.39, 0.29) is 11.1 Å². The van der Waals surface area contributed by atoms with Crippen LogP contribution in [0.5, 0.6) is 5.75 Å². The second-order valence-electron chi connectivity index (χ2n) is 4.37. The molecule has 0 atom stereocenters. The van der Waals surface area contributed by atoms with E-state index in [0.717, 1.165) is 6.08 Å². The van der Waals surface area contributed by atoms with Gasteiger partial charge in [0.05, 0.1) is 5.56 Å². The fraction of sp³-hybridized carbons (Fsp3) is 0. The van der Waals surface area contributed by atoms with Crippen LogP contribution in [0.1, 0.15) is 26.3 Å². The van der Waals surface area contributed by atoms with Gasteiger partial charge in [0.1, 0.15) is 17.1 Å². The number of rotatable bonds is 4. The second kappa shape index (κ2) is 6.53. The summed E-state index contributed by atoms with van der Waals surface area (Å²) >= 11 is 3.08. The number of halogens is 2. The lowest BCUT2D eigenvalue weighted by Gasteiger charge is -2.06. The number of ketones is 1. The van der Waals surface area contributed by atoms with Gasteiger partial charge in [0.25, 0.3) is 0 Å². The largest absolute Gasteiger partial charge is 0.506 e. The van der Waals surface area contributed by atoms with E-state index in [0.29, 0.717) is 4.47 Å². The molecule has 0 aliphatic rings. The number of aromatic carboxylic acids is 1. The van der Waals surface area contributed by atoms with Crippen LogP contribution in [-0.2, 0) is 0 Å². The third kappa shape index (κ3) is 3.40. The normalized spacial score (nSPS) is 10.8. The SMILES string of the molecule is O=C(O)c1cc(Br)cc(C(=O)/C=C/c2ccccc2F)c1O. The summed E-state index contributed by atoms with van der Waals surface area (Å²) in [6.45, 7) is 0. The van der Waals surface area contributed by atoms with Gasteiger partial charge >= 0.3 is 5.97 Å². The lowest BCUT2D eigenvalue weighted by molar-refractivity contribution is 0.0693. The number of phenols is 1. The van der Waals surface area contributed by atoms with E-state index >= 15 is 0 Å². The maximum atomic E-state index is 13.5. The Morgan fingerprint density at radius 2 is 1.77 bits per heavy atom. The summed E-state index contributed by atoms with van der Waals surface area (Å²) in [6.07, 6.45) is 2.34. The first-order valence-electron chi connectivity index (χ1n) is 6.13. The molecule has 0 spiro atoms. The van der Waals surface area contributed by atoms with Gasteiger partial charge in [-0.1, -0.05) is 34.1 Å². The third-order valence-corrected chi connectivity index (χ3v) is 3.35.